The van der Waals surface area contributed by atoms with E-state index in [2.05, 4.69) is 5.32 Å². The number of nitrogens with two attached hydrogens (primary N) is 1. The molecule has 0 aromatic heterocycles. The molecule has 0 aromatic carbocycles. The van der Waals surface area contributed by atoms with Gasteiger partial charge in [-0.2, -0.15) is 0 Å². The lowest BCUT2D eigenvalue weighted by atomic mass is 9.89. The van der Waals surface area contributed by atoms with Crippen molar-refractivity contribution in [2.24, 2.45) is 11.7 Å². The van der Waals surface area contributed by atoms with E-state index in [9.17, 15) is 14.7 Å². The van der Waals surface area contributed by atoms with Crippen molar-refractivity contribution >= 4 is 11.9 Å². The first-order valence-corrected chi connectivity index (χ1v) is 6.31. The number of hydrogen-bond acceptors (Lipinski definition) is 4. The second-order valence-electron chi connectivity index (χ2n) is 4.90. The lowest BCUT2D eigenvalue weighted by molar-refractivity contribution is -0.152. The third-order valence-electron chi connectivity index (χ3n) is 3.68. The molecule has 0 bridgehead atoms. The topological polar surface area (TPSA) is 102 Å². The summed E-state index contributed by atoms with van der Waals surface area (Å²) in [5.74, 6) is -1.39. The molecule has 1 aliphatic heterocycles. The fourth-order valence-electron chi connectivity index (χ4n) is 1.94. The molecule has 0 spiro atoms. The summed E-state index contributed by atoms with van der Waals surface area (Å²) in [6, 6.07) is -0.672. The van der Waals surface area contributed by atoms with Gasteiger partial charge in [-0.25, -0.2) is 4.79 Å². The van der Waals surface area contributed by atoms with Crippen molar-refractivity contribution in [3.8, 4) is 0 Å². The smallest absolute Gasteiger partial charge is 0.329 e. The van der Waals surface area contributed by atoms with Gasteiger partial charge in [0.1, 0.15) is 5.54 Å². The average molecular weight is 258 g/mol. The zero-order chi connectivity index (χ0) is 13.8. The van der Waals surface area contributed by atoms with Crippen LogP contribution in [0.3, 0.4) is 0 Å². The Morgan fingerprint density at radius 2 is 2.00 bits per heavy atom. The van der Waals surface area contributed by atoms with Gasteiger partial charge in [-0.3, -0.25) is 4.79 Å². The van der Waals surface area contributed by atoms with E-state index in [1.807, 2.05) is 13.8 Å². The van der Waals surface area contributed by atoms with Crippen LogP contribution < -0.4 is 11.1 Å². The maximum atomic E-state index is 12.0. The Hall–Kier alpha value is -1.14. The Labute approximate surface area is 107 Å². The highest BCUT2D eigenvalue weighted by atomic mass is 16.5. The van der Waals surface area contributed by atoms with Crippen LogP contribution in [0.2, 0.25) is 0 Å². The van der Waals surface area contributed by atoms with E-state index in [0.717, 1.165) is 6.42 Å². The van der Waals surface area contributed by atoms with E-state index in [4.69, 9.17) is 10.5 Å². The predicted octanol–water partition coefficient (Wildman–Crippen LogP) is 0.110. The summed E-state index contributed by atoms with van der Waals surface area (Å²) in [6.07, 6.45) is 1.33. The molecule has 104 valence electrons. The molecule has 6 heteroatoms. The van der Waals surface area contributed by atoms with Crippen LogP contribution in [-0.2, 0) is 14.3 Å². The maximum absolute atomic E-state index is 12.0. The fraction of sp³-hybridized carbons (Fsp3) is 0.833. The molecule has 6 nitrogen and oxygen atoms in total. The highest BCUT2D eigenvalue weighted by Crippen LogP contribution is 2.21. The number of amides is 1. The van der Waals surface area contributed by atoms with Crippen molar-refractivity contribution in [3.63, 3.8) is 0 Å². The SMILES string of the molecule is CC[C@H](C)[C@H](N)C(=O)NC1(C(=O)O)CCOCC1. The van der Waals surface area contributed by atoms with Gasteiger partial charge in [0.2, 0.25) is 5.91 Å². The van der Waals surface area contributed by atoms with Gasteiger partial charge in [0, 0.05) is 26.1 Å². The zero-order valence-electron chi connectivity index (χ0n) is 10.9. The number of rotatable bonds is 5. The van der Waals surface area contributed by atoms with E-state index in [0.29, 0.717) is 13.2 Å². The summed E-state index contributed by atoms with van der Waals surface area (Å²) in [4.78, 5) is 23.3. The van der Waals surface area contributed by atoms with Crippen molar-refractivity contribution < 1.29 is 19.4 Å². The third kappa shape index (κ3) is 3.20. The number of carboxylic acids is 1. The number of carbonyl (C=O) groups is 2. The number of hydrogen-bond donors (Lipinski definition) is 3. The van der Waals surface area contributed by atoms with Crippen LogP contribution in [0.25, 0.3) is 0 Å². The minimum Gasteiger partial charge on any atom is -0.480 e. The van der Waals surface area contributed by atoms with Crippen molar-refractivity contribution in [1.29, 1.82) is 0 Å². The van der Waals surface area contributed by atoms with Crippen LogP contribution in [0, 0.1) is 5.92 Å². The minimum absolute atomic E-state index is 0.0238. The van der Waals surface area contributed by atoms with Gasteiger partial charge in [0.05, 0.1) is 6.04 Å². The van der Waals surface area contributed by atoms with E-state index in [1.165, 1.54) is 0 Å². The first kappa shape index (κ1) is 14.9. The Morgan fingerprint density at radius 1 is 1.44 bits per heavy atom. The first-order chi connectivity index (χ1) is 8.43. The molecule has 1 fully saturated rings. The lowest BCUT2D eigenvalue weighted by Crippen LogP contribution is -2.61. The summed E-state index contributed by atoms with van der Waals surface area (Å²) in [7, 11) is 0. The van der Waals surface area contributed by atoms with Crippen LogP contribution in [0.15, 0.2) is 0 Å². The Balaban J connectivity index is 2.72. The Morgan fingerprint density at radius 3 is 2.44 bits per heavy atom. The molecule has 1 aliphatic rings. The number of ether oxygens (including phenoxy) is 1. The fourth-order valence-corrected chi connectivity index (χ4v) is 1.94. The molecule has 0 radical (unpaired) electrons. The average Bonchev–Trinajstić information content (AvgIpc) is 2.37. The summed E-state index contributed by atoms with van der Waals surface area (Å²) in [5.41, 5.74) is 4.59. The predicted molar refractivity (Wildman–Crippen MR) is 66.0 cm³/mol. The number of nitrogens with one attached hydrogen (secondary N) is 1. The molecule has 1 amide bonds. The van der Waals surface area contributed by atoms with Crippen LogP contribution >= 0.6 is 0 Å². The lowest BCUT2D eigenvalue weighted by Gasteiger charge is -2.35. The van der Waals surface area contributed by atoms with Crippen LogP contribution in [0.5, 0.6) is 0 Å². The minimum atomic E-state index is -1.22. The van der Waals surface area contributed by atoms with E-state index in [-0.39, 0.29) is 18.8 Å². The van der Waals surface area contributed by atoms with Crippen LogP contribution in [0.1, 0.15) is 33.1 Å². The number of aliphatic carboxylic acids is 1. The Bertz CT molecular complexity index is 313. The first-order valence-electron chi connectivity index (χ1n) is 6.31. The van der Waals surface area contributed by atoms with Gasteiger partial charge >= 0.3 is 5.97 Å². The van der Waals surface area contributed by atoms with Gasteiger partial charge in [-0.15, -0.1) is 0 Å². The van der Waals surface area contributed by atoms with E-state index >= 15 is 0 Å². The molecule has 4 N–H and O–H groups in total. The van der Waals surface area contributed by atoms with Crippen molar-refractivity contribution in [2.45, 2.75) is 44.7 Å². The quantitative estimate of drug-likeness (QED) is 0.649. The second kappa shape index (κ2) is 6.15. The van der Waals surface area contributed by atoms with E-state index < -0.39 is 23.5 Å². The molecule has 0 unspecified atom stereocenters. The molecule has 1 heterocycles. The second-order valence-corrected chi connectivity index (χ2v) is 4.90. The zero-order valence-corrected chi connectivity index (χ0v) is 10.9. The number of carboxylic acid groups (broad SMARTS) is 1. The summed E-state index contributed by atoms with van der Waals surface area (Å²) in [6.45, 7) is 4.50. The molecule has 2 atom stereocenters. The molecular formula is C12H22N2O4. The summed E-state index contributed by atoms with van der Waals surface area (Å²) < 4.78 is 5.14. The Kier molecular flexibility index (Phi) is 5.10. The molecule has 18 heavy (non-hydrogen) atoms. The molecule has 1 rings (SSSR count). The molecule has 0 aromatic rings. The highest BCUT2D eigenvalue weighted by Gasteiger charge is 2.42. The van der Waals surface area contributed by atoms with E-state index in [1.54, 1.807) is 0 Å². The molecule has 0 saturated carbocycles. The highest BCUT2D eigenvalue weighted by molar-refractivity contribution is 5.89. The van der Waals surface area contributed by atoms with Crippen molar-refractivity contribution in [3.05, 3.63) is 0 Å². The van der Waals surface area contributed by atoms with Gasteiger partial charge in [-0.05, 0) is 5.92 Å². The van der Waals surface area contributed by atoms with Gasteiger partial charge in [0.25, 0.3) is 0 Å². The van der Waals surface area contributed by atoms with Gasteiger partial charge in [-0.1, -0.05) is 20.3 Å². The summed E-state index contributed by atoms with van der Waals surface area (Å²) in [5, 5.41) is 11.9. The molecule has 1 saturated heterocycles. The van der Waals surface area contributed by atoms with Crippen LogP contribution in [0.4, 0.5) is 0 Å². The standard InChI is InChI=1S/C12H22N2O4/c1-3-8(2)9(13)10(15)14-12(11(16)17)4-6-18-7-5-12/h8-9H,3-7,13H2,1-2H3,(H,14,15)(H,16,17)/t8-,9-/m0/s1. The maximum Gasteiger partial charge on any atom is 0.329 e. The number of carbonyl (C=O) groups excluding carboxylic acids is 1. The third-order valence-corrected chi connectivity index (χ3v) is 3.68. The van der Waals surface area contributed by atoms with Gasteiger partial charge < -0.3 is 20.9 Å². The largest absolute Gasteiger partial charge is 0.480 e. The van der Waals surface area contributed by atoms with Crippen molar-refractivity contribution in [2.75, 3.05) is 13.2 Å². The van der Waals surface area contributed by atoms with Crippen molar-refractivity contribution in [1.82, 2.24) is 5.32 Å². The molecular weight excluding hydrogens is 236 g/mol. The van der Waals surface area contributed by atoms with Gasteiger partial charge in [0.15, 0.2) is 0 Å². The normalized spacial score (nSPS) is 21.9. The monoisotopic (exact) mass is 258 g/mol. The summed E-state index contributed by atoms with van der Waals surface area (Å²) >= 11 is 0. The van der Waals surface area contributed by atoms with Crippen LogP contribution in [-0.4, -0.2) is 41.8 Å². The molecule has 0 aliphatic carbocycles.